The highest BCUT2D eigenvalue weighted by Gasteiger charge is 2.20. The highest BCUT2D eigenvalue weighted by atomic mass is 16.5. The number of ether oxygens (including phenoxy) is 1. The Morgan fingerprint density at radius 3 is 1.90 bits per heavy atom. The van der Waals surface area contributed by atoms with Crippen LogP contribution in [0.3, 0.4) is 0 Å². The molecule has 0 atom stereocenters. The van der Waals surface area contributed by atoms with Gasteiger partial charge < -0.3 is 10.1 Å². The van der Waals surface area contributed by atoms with Crippen molar-refractivity contribution in [1.29, 1.82) is 0 Å². The van der Waals surface area contributed by atoms with Gasteiger partial charge in [0.1, 0.15) is 0 Å². The fourth-order valence-corrected chi connectivity index (χ4v) is 3.47. The second kappa shape index (κ2) is 10.4. The lowest BCUT2D eigenvalue weighted by Gasteiger charge is -2.17. The van der Waals surface area contributed by atoms with Crippen LogP contribution in [0.5, 0.6) is 0 Å². The molecule has 0 heterocycles. The second-order valence-electron chi connectivity index (χ2n) is 7.53. The first-order valence-electron chi connectivity index (χ1n) is 10.2. The van der Waals surface area contributed by atoms with Crippen LogP contribution >= 0.6 is 0 Å². The molecule has 0 bridgehead atoms. The molecule has 0 unspecified atom stereocenters. The Kier molecular flexibility index (Phi) is 7.39. The zero-order valence-corrected chi connectivity index (χ0v) is 17.4. The minimum atomic E-state index is -0.403. The van der Waals surface area contributed by atoms with Gasteiger partial charge in [-0.3, -0.25) is 9.59 Å². The van der Waals surface area contributed by atoms with E-state index in [1.54, 1.807) is 0 Å². The number of esters is 1. The molecule has 0 fully saturated rings. The highest BCUT2D eigenvalue weighted by molar-refractivity contribution is 5.93. The third-order valence-corrected chi connectivity index (χ3v) is 5.00. The molecule has 154 valence electrons. The molecule has 3 aromatic carbocycles. The van der Waals surface area contributed by atoms with Gasteiger partial charge in [0.25, 0.3) is 5.91 Å². The lowest BCUT2D eigenvalue weighted by molar-refractivity contribution is -0.147. The monoisotopic (exact) mass is 401 g/mol. The second-order valence-corrected chi connectivity index (χ2v) is 7.53. The molecule has 4 nitrogen and oxygen atoms in total. The Balaban J connectivity index is 1.62. The van der Waals surface area contributed by atoms with E-state index in [2.05, 4.69) is 19.2 Å². The molecule has 0 saturated heterocycles. The number of carbonyl (C=O) groups is 2. The third kappa shape index (κ3) is 5.80. The number of benzene rings is 3. The molecule has 0 spiro atoms. The topological polar surface area (TPSA) is 55.4 Å². The van der Waals surface area contributed by atoms with Crippen molar-refractivity contribution in [2.75, 3.05) is 11.9 Å². The van der Waals surface area contributed by atoms with Crippen LogP contribution in [0.2, 0.25) is 0 Å². The molecule has 0 radical (unpaired) electrons. The average Bonchev–Trinajstić information content (AvgIpc) is 2.77. The Hall–Kier alpha value is -3.40. The lowest BCUT2D eigenvalue weighted by Crippen LogP contribution is -2.22. The number of rotatable bonds is 8. The van der Waals surface area contributed by atoms with E-state index in [1.165, 1.54) is 0 Å². The normalized spacial score (nSPS) is 10.8. The third-order valence-electron chi connectivity index (χ3n) is 5.00. The van der Waals surface area contributed by atoms with E-state index in [0.717, 1.165) is 22.4 Å². The Bertz CT molecular complexity index is 928. The van der Waals surface area contributed by atoms with E-state index in [4.69, 9.17) is 4.74 Å². The SMILES string of the molecule is CC(C)c1ccccc1NC(=O)COC(=O)CC(c1ccccc1)c1ccccc1. The molecule has 0 saturated carbocycles. The largest absolute Gasteiger partial charge is 0.456 e. The number of hydrogen-bond acceptors (Lipinski definition) is 3. The van der Waals surface area contributed by atoms with Gasteiger partial charge >= 0.3 is 5.97 Å². The van der Waals surface area contributed by atoms with E-state index in [1.807, 2.05) is 84.9 Å². The van der Waals surface area contributed by atoms with E-state index < -0.39 is 5.97 Å². The number of nitrogens with one attached hydrogen (secondary N) is 1. The fourth-order valence-electron chi connectivity index (χ4n) is 3.47. The van der Waals surface area contributed by atoms with Gasteiger partial charge in [-0.05, 0) is 28.7 Å². The van der Waals surface area contributed by atoms with Gasteiger partial charge in [-0.2, -0.15) is 0 Å². The van der Waals surface area contributed by atoms with Crippen molar-refractivity contribution in [2.24, 2.45) is 0 Å². The summed E-state index contributed by atoms with van der Waals surface area (Å²) in [6, 6.07) is 27.4. The number of para-hydroxylation sites is 1. The molecule has 3 rings (SSSR count). The first-order chi connectivity index (χ1) is 14.5. The first kappa shape index (κ1) is 21.3. The Morgan fingerprint density at radius 2 is 1.33 bits per heavy atom. The van der Waals surface area contributed by atoms with Crippen molar-refractivity contribution in [3.63, 3.8) is 0 Å². The maximum Gasteiger partial charge on any atom is 0.307 e. The van der Waals surface area contributed by atoms with Crippen LogP contribution in [-0.4, -0.2) is 18.5 Å². The van der Waals surface area contributed by atoms with Crippen LogP contribution in [0.25, 0.3) is 0 Å². The zero-order chi connectivity index (χ0) is 21.3. The first-order valence-corrected chi connectivity index (χ1v) is 10.2. The summed E-state index contributed by atoms with van der Waals surface area (Å²) in [6.07, 6.45) is 0.171. The van der Waals surface area contributed by atoms with Gasteiger partial charge in [0, 0.05) is 11.6 Å². The van der Waals surface area contributed by atoms with Crippen molar-refractivity contribution in [1.82, 2.24) is 0 Å². The number of hydrogen-bond donors (Lipinski definition) is 1. The van der Waals surface area contributed by atoms with Crippen LogP contribution in [0.15, 0.2) is 84.9 Å². The van der Waals surface area contributed by atoms with Gasteiger partial charge in [-0.15, -0.1) is 0 Å². The summed E-state index contributed by atoms with van der Waals surface area (Å²) < 4.78 is 5.30. The molecular weight excluding hydrogens is 374 g/mol. The molecule has 30 heavy (non-hydrogen) atoms. The van der Waals surface area contributed by atoms with Crippen molar-refractivity contribution in [3.8, 4) is 0 Å². The molecule has 0 aliphatic rings. The quantitative estimate of drug-likeness (QED) is 0.506. The van der Waals surface area contributed by atoms with E-state index in [0.29, 0.717) is 0 Å². The number of amides is 1. The molecule has 0 aliphatic heterocycles. The van der Waals surface area contributed by atoms with E-state index in [-0.39, 0.29) is 30.8 Å². The van der Waals surface area contributed by atoms with Crippen molar-refractivity contribution in [2.45, 2.75) is 32.1 Å². The van der Waals surface area contributed by atoms with Crippen molar-refractivity contribution in [3.05, 3.63) is 102 Å². The Labute approximate surface area is 177 Å². The number of carbonyl (C=O) groups excluding carboxylic acids is 2. The number of anilines is 1. The summed E-state index contributed by atoms with van der Waals surface area (Å²) >= 11 is 0. The molecule has 0 aliphatic carbocycles. The summed E-state index contributed by atoms with van der Waals surface area (Å²) in [5.74, 6) is -0.585. The molecular formula is C26H27NO3. The fraction of sp³-hybridized carbons (Fsp3) is 0.231. The van der Waals surface area contributed by atoms with Crippen molar-refractivity contribution < 1.29 is 14.3 Å². The summed E-state index contributed by atoms with van der Waals surface area (Å²) in [5.41, 5.74) is 3.87. The molecule has 1 N–H and O–H groups in total. The maximum atomic E-state index is 12.5. The van der Waals surface area contributed by atoms with Crippen LogP contribution in [0.4, 0.5) is 5.69 Å². The van der Waals surface area contributed by atoms with Gasteiger partial charge in [0.2, 0.25) is 0 Å². The van der Waals surface area contributed by atoms with Gasteiger partial charge in [0.15, 0.2) is 6.61 Å². The Morgan fingerprint density at radius 1 is 0.800 bits per heavy atom. The maximum absolute atomic E-state index is 12.5. The van der Waals surface area contributed by atoms with Crippen LogP contribution < -0.4 is 5.32 Å². The predicted molar refractivity (Wildman–Crippen MR) is 119 cm³/mol. The summed E-state index contributed by atoms with van der Waals surface area (Å²) in [4.78, 5) is 24.9. The minimum Gasteiger partial charge on any atom is -0.456 e. The summed E-state index contributed by atoms with van der Waals surface area (Å²) in [5, 5.41) is 2.85. The van der Waals surface area contributed by atoms with Crippen LogP contribution in [-0.2, 0) is 14.3 Å². The average molecular weight is 402 g/mol. The van der Waals surface area contributed by atoms with Crippen LogP contribution in [0, 0.1) is 0 Å². The summed E-state index contributed by atoms with van der Waals surface area (Å²) in [6.45, 7) is 3.83. The van der Waals surface area contributed by atoms with Gasteiger partial charge in [-0.25, -0.2) is 0 Å². The molecule has 0 aromatic heterocycles. The molecule has 3 aromatic rings. The minimum absolute atomic E-state index is 0.121. The summed E-state index contributed by atoms with van der Waals surface area (Å²) in [7, 11) is 0. The highest BCUT2D eigenvalue weighted by Crippen LogP contribution is 2.28. The van der Waals surface area contributed by atoms with E-state index in [9.17, 15) is 9.59 Å². The lowest BCUT2D eigenvalue weighted by atomic mass is 9.89. The standard InChI is InChI=1S/C26H27NO3/c1-19(2)22-15-9-10-16-24(22)27-25(28)18-30-26(29)17-23(20-11-5-3-6-12-20)21-13-7-4-8-14-21/h3-16,19,23H,17-18H2,1-2H3,(H,27,28). The van der Waals surface area contributed by atoms with Gasteiger partial charge in [-0.1, -0.05) is 92.7 Å². The van der Waals surface area contributed by atoms with E-state index >= 15 is 0 Å². The van der Waals surface area contributed by atoms with Crippen molar-refractivity contribution >= 4 is 17.6 Å². The smallest absolute Gasteiger partial charge is 0.307 e. The molecule has 1 amide bonds. The predicted octanol–water partition coefficient (Wildman–Crippen LogP) is 5.51. The van der Waals surface area contributed by atoms with Gasteiger partial charge in [0.05, 0.1) is 6.42 Å². The van der Waals surface area contributed by atoms with Crippen LogP contribution in [0.1, 0.15) is 48.8 Å². The molecule has 4 heteroatoms. The zero-order valence-electron chi connectivity index (χ0n) is 17.4.